The zero-order valence-electron chi connectivity index (χ0n) is 15.2. The first-order valence-electron chi connectivity index (χ1n) is 8.23. The number of nitrogen functional groups attached to an aromatic ring is 1. The van der Waals surface area contributed by atoms with Crippen LogP contribution in [0.3, 0.4) is 0 Å². The van der Waals surface area contributed by atoms with Crippen LogP contribution in [0.25, 0.3) is 5.57 Å². The van der Waals surface area contributed by atoms with E-state index in [2.05, 4.69) is 4.72 Å². The van der Waals surface area contributed by atoms with Crippen molar-refractivity contribution < 1.29 is 8.42 Å². The lowest BCUT2D eigenvalue weighted by molar-refractivity contribution is 0.463. The molecule has 0 spiro atoms. The molecule has 2 rings (SSSR count). The van der Waals surface area contributed by atoms with Crippen LogP contribution in [0.4, 0.5) is 11.4 Å². The second-order valence-electron chi connectivity index (χ2n) is 7.29. The second kappa shape index (κ2) is 7.31. The van der Waals surface area contributed by atoms with Gasteiger partial charge in [0.1, 0.15) is 0 Å². The first kappa shape index (κ1) is 19.1. The van der Waals surface area contributed by atoms with Crippen LogP contribution in [0.5, 0.6) is 0 Å². The van der Waals surface area contributed by atoms with Crippen molar-refractivity contribution in [1.82, 2.24) is 0 Å². The molecule has 5 heteroatoms. The van der Waals surface area contributed by atoms with E-state index in [4.69, 9.17) is 5.73 Å². The number of hydrogen-bond donors (Lipinski definition) is 2. The molecule has 0 atom stereocenters. The minimum absolute atomic E-state index is 0.0266. The molecule has 0 aliphatic heterocycles. The number of sulfonamides is 1. The molecule has 0 amide bonds. The summed E-state index contributed by atoms with van der Waals surface area (Å²) in [5.41, 5.74) is 9.48. The lowest BCUT2D eigenvalue weighted by atomic mass is 9.97. The number of hydrogen-bond acceptors (Lipinski definition) is 3. The minimum atomic E-state index is -3.48. The number of benzene rings is 2. The summed E-state index contributed by atoms with van der Waals surface area (Å²) in [5.74, 6) is 0.0266. The summed E-state index contributed by atoms with van der Waals surface area (Å²) in [4.78, 5) is 0. The zero-order valence-corrected chi connectivity index (χ0v) is 16.0. The van der Waals surface area contributed by atoms with Gasteiger partial charge in [-0.1, -0.05) is 63.2 Å². The van der Waals surface area contributed by atoms with Crippen LogP contribution in [0.1, 0.15) is 38.8 Å². The molecule has 2 aromatic rings. The van der Waals surface area contributed by atoms with Crippen LogP contribution < -0.4 is 10.5 Å². The van der Waals surface area contributed by atoms with E-state index in [0.717, 1.165) is 16.7 Å². The zero-order chi connectivity index (χ0) is 18.7. The van der Waals surface area contributed by atoms with Gasteiger partial charge in [0.25, 0.3) is 0 Å². The Morgan fingerprint density at radius 2 is 1.72 bits per heavy atom. The van der Waals surface area contributed by atoms with Gasteiger partial charge in [-0.25, -0.2) is 8.42 Å². The van der Waals surface area contributed by atoms with Gasteiger partial charge in [0, 0.05) is 0 Å². The maximum atomic E-state index is 12.4. The van der Waals surface area contributed by atoms with Crippen LogP contribution >= 0.6 is 0 Å². The fraction of sp³-hybridized carbons (Fsp3) is 0.300. The van der Waals surface area contributed by atoms with Crippen molar-refractivity contribution >= 4 is 27.0 Å². The normalized spacial score (nSPS) is 12.9. The van der Waals surface area contributed by atoms with Gasteiger partial charge in [-0.3, -0.25) is 4.72 Å². The van der Waals surface area contributed by atoms with Crippen LogP contribution in [0, 0.1) is 5.41 Å². The van der Waals surface area contributed by atoms with Crippen molar-refractivity contribution in [2.24, 2.45) is 5.41 Å². The Labute approximate surface area is 150 Å². The molecule has 0 aliphatic rings. The van der Waals surface area contributed by atoms with Crippen molar-refractivity contribution in [3.8, 4) is 0 Å². The van der Waals surface area contributed by atoms with E-state index in [1.54, 1.807) is 12.1 Å². The number of allylic oxidation sites excluding steroid dienone is 1. The first-order chi connectivity index (χ1) is 11.6. The Balaban J connectivity index is 2.38. The molecule has 2 aromatic carbocycles. The summed E-state index contributed by atoms with van der Waals surface area (Å²) in [6.07, 6.45) is 2.01. The molecule has 0 aromatic heterocycles. The van der Waals surface area contributed by atoms with Gasteiger partial charge in [0.2, 0.25) is 10.0 Å². The average Bonchev–Trinajstić information content (AvgIpc) is 2.49. The van der Waals surface area contributed by atoms with Gasteiger partial charge in [0.15, 0.2) is 0 Å². The van der Waals surface area contributed by atoms with E-state index < -0.39 is 10.0 Å². The first-order valence-corrected chi connectivity index (χ1v) is 9.89. The van der Waals surface area contributed by atoms with Crippen LogP contribution in [0.2, 0.25) is 0 Å². The fourth-order valence-electron chi connectivity index (χ4n) is 2.70. The van der Waals surface area contributed by atoms with Crippen molar-refractivity contribution in [2.75, 3.05) is 16.2 Å². The van der Waals surface area contributed by atoms with Gasteiger partial charge in [-0.15, -0.1) is 0 Å². The third-order valence-electron chi connectivity index (χ3n) is 3.63. The number of nitrogens with two attached hydrogens (primary N) is 1. The Kier molecular flexibility index (Phi) is 5.58. The summed E-state index contributed by atoms with van der Waals surface area (Å²) in [6.45, 7) is 7.63. The summed E-state index contributed by atoms with van der Waals surface area (Å²) in [7, 11) is -3.48. The van der Waals surface area contributed by atoms with Crippen LogP contribution in [0.15, 0.2) is 54.6 Å². The molecule has 3 N–H and O–H groups in total. The van der Waals surface area contributed by atoms with Crippen molar-refractivity contribution in [3.63, 3.8) is 0 Å². The second-order valence-corrected chi connectivity index (χ2v) is 9.01. The fourth-order valence-corrected chi connectivity index (χ4v) is 4.43. The molecule has 0 saturated carbocycles. The van der Waals surface area contributed by atoms with Crippen molar-refractivity contribution in [3.05, 3.63) is 65.7 Å². The predicted molar refractivity (Wildman–Crippen MR) is 107 cm³/mol. The molecule has 134 valence electrons. The molecule has 0 unspecified atom stereocenters. The molecule has 0 saturated heterocycles. The van der Waals surface area contributed by atoms with E-state index in [-0.39, 0.29) is 11.2 Å². The largest absolute Gasteiger partial charge is 0.397 e. The summed E-state index contributed by atoms with van der Waals surface area (Å²) in [6, 6.07) is 15.4. The smallest absolute Gasteiger partial charge is 0.233 e. The molecule has 25 heavy (non-hydrogen) atoms. The minimum Gasteiger partial charge on any atom is -0.397 e. The van der Waals surface area contributed by atoms with Crippen molar-refractivity contribution in [1.29, 1.82) is 0 Å². The molecular weight excluding hydrogens is 332 g/mol. The average molecular weight is 359 g/mol. The Morgan fingerprint density at radius 3 is 2.28 bits per heavy atom. The maximum Gasteiger partial charge on any atom is 0.233 e. The van der Waals surface area contributed by atoms with E-state index in [1.807, 2.05) is 70.2 Å². The van der Waals surface area contributed by atoms with Crippen LogP contribution in [-0.2, 0) is 10.0 Å². The lowest BCUT2D eigenvalue weighted by Crippen LogP contribution is -2.26. The molecule has 0 radical (unpaired) electrons. The van der Waals surface area contributed by atoms with E-state index in [0.29, 0.717) is 11.4 Å². The summed E-state index contributed by atoms with van der Waals surface area (Å²) in [5, 5.41) is 0. The van der Waals surface area contributed by atoms with Gasteiger partial charge in [0.05, 0.1) is 17.1 Å². The van der Waals surface area contributed by atoms with Gasteiger partial charge in [-0.05, 0) is 41.2 Å². The predicted octanol–water partition coefficient (Wildman–Crippen LogP) is 4.51. The molecule has 0 fully saturated rings. The number of nitrogens with one attached hydrogen (secondary N) is 1. The Morgan fingerprint density at radius 1 is 1.08 bits per heavy atom. The Hall–Kier alpha value is -2.27. The highest BCUT2D eigenvalue weighted by Gasteiger charge is 2.22. The van der Waals surface area contributed by atoms with Gasteiger partial charge in [-0.2, -0.15) is 0 Å². The third kappa shape index (κ3) is 5.36. The monoisotopic (exact) mass is 358 g/mol. The highest BCUT2D eigenvalue weighted by molar-refractivity contribution is 7.92. The van der Waals surface area contributed by atoms with E-state index >= 15 is 0 Å². The molecule has 0 bridgehead atoms. The quantitative estimate of drug-likeness (QED) is 0.773. The maximum absolute atomic E-state index is 12.4. The van der Waals surface area contributed by atoms with Gasteiger partial charge >= 0.3 is 0 Å². The molecular formula is C20H26N2O2S. The number of rotatable bonds is 5. The highest BCUT2D eigenvalue weighted by Crippen LogP contribution is 2.30. The summed E-state index contributed by atoms with van der Waals surface area (Å²) < 4.78 is 27.4. The lowest BCUT2D eigenvalue weighted by Gasteiger charge is -2.20. The standard InChI is InChI=1S/C20H26N2O2S/c1-5-17(15-9-7-6-8-10-15)16-11-12-18(21)19(13-16)22-25(23,24)14-20(2,3)4/h5-13,22H,14,21H2,1-4H3/b17-5+. The van der Waals surface area contributed by atoms with E-state index in [1.165, 1.54) is 0 Å². The molecule has 0 aliphatic carbocycles. The number of anilines is 2. The molecule has 0 heterocycles. The highest BCUT2D eigenvalue weighted by atomic mass is 32.2. The van der Waals surface area contributed by atoms with E-state index in [9.17, 15) is 8.42 Å². The molecule has 4 nitrogen and oxygen atoms in total. The Bertz CT molecular complexity index is 864. The topological polar surface area (TPSA) is 72.2 Å². The summed E-state index contributed by atoms with van der Waals surface area (Å²) >= 11 is 0. The third-order valence-corrected chi connectivity index (χ3v) is 5.40. The van der Waals surface area contributed by atoms with Gasteiger partial charge < -0.3 is 5.73 Å². The van der Waals surface area contributed by atoms with Crippen LogP contribution in [-0.4, -0.2) is 14.2 Å². The SMILES string of the molecule is C/C=C(\c1ccccc1)c1ccc(N)c(NS(=O)(=O)CC(C)(C)C)c1. The van der Waals surface area contributed by atoms with Crippen molar-refractivity contribution in [2.45, 2.75) is 27.7 Å².